The highest BCUT2D eigenvalue weighted by atomic mass is 16.4. The van der Waals surface area contributed by atoms with Crippen LogP contribution in [0.2, 0.25) is 0 Å². The topological polar surface area (TPSA) is 62.5 Å². The zero-order chi connectivity index (χ0) is 15.0. The fourth-order valence-corrected chi connectivity index (χ4v) is 2.52. The molecule has 3 rings (SSSR count). The van der Waals surface area contributed by atoms with E-state index in [1.807, 2.05) is 35.9 Å². The highest BCUT2D eigenvalue weighted by Gasteiger charge is 2.09. The van der Waals surface area contributed by atoms with Gasteiger partial charge in [-0.25, -0.2) is 4.79 Å². The Balaban J connectivity index is 2.17. The van der Waals surface area contributed by atoms with Gasteiger partial charge in [0, 0.05) is 17.3 Å². The lowest BCUT2D eigenvalue weighted by Gasteiger charge is -2.07. The first-order valence-electron chi connectivity index (χ1n) is 6.65. The van der Waals surface area contributed by atoms with Gasteiger partial charge >= 0.3 is 5.97 Å². The van der Waals surface area contributed by atoms with Crippen LogP contribution in [0.15, 0.2) is 48.7 Å². The SMILES string of the molecule is Cc1cn(-c2ccc(C(=O)O)cc2)c2cc(CO)ccc12. The summed E-state index contributed by atoms with van der Waals surface area (Å²) in [7, 11) is 0. The molecule has 21 heavy (non-hydrogen) atoms. The number of carboxylic acid groups (broad SMARTS) is 1. The Morgan fingerprint density at radius 1 is 1.14 bits per heavy atom. The van der Waals surface area contributed by atoms with Gasteiger partial charge in [0.1, 0.15) is 0 Å². The van der Waals surface area contributed by atoms with Crippen LogP contribution in [0.25, 0.3) is 16.6 Å². The van der Waals surface area contributed by atoms with E-state index in [4.69, 9.17) is 5.11 Å². The molecule has 1 aromatic heterocycles. The van der Waals surface area contributed by atoms with Gasteiger partial charge in [-0.15, -0.1) is 0 Å². The van der Waals surface area contributed by atoms with Crippen LogP contribution in [0.5, 0.6) is 0 Å². The zero-order valence-corrected chi connectivity index (χ0v) is 11.6. The van der Waals surface area contributed by atoms with Crippen molar-refractivity contribution in [2.24, 2.45) is 0 Å². The minimum atomic E-state index is -0.933. The molecule has 1 heterocycles. The Kier molecular flexibility index (Phi) is 3.23. The maximum absolute atomic E-state index is 10.9. The van der Waals surface area contributed by atoms with Crippen molar-refractivity contribution in [1.29, 1.82) is 0 Å². The third kappa shape index (κ3) is 2.30. The maximum atomic E-state index is 10.9. The molecule has 0 atom stereocenters. The van der Waals surface area contributed by atoms with Gasteiger partial charge in [0.2, 0.25) is 0 Å². The van der Waals surface area contributed by atoms with E-state index in [1.54, 1.807) is 24.3 Å². The summed E-state index contributed by atoms with van der Waals surface area (Å²) < 4.78 is 2.01. The normalized spacial score (nSPS) is 11.0. The Morgan fingerprint density at radius 2 is 1.86 bits per heavy atom. The number of aliphatic hydroxyl groups is 1. The number of carboxylic acids is 1. The van der Waals surface area contributed by atoms with Crippen LogP contribution in [-0.2, 0) is 6.61 Å². The van der Waals surface area contributed by atoms with E-state index in [9.17, 15) is 9.90 Å². The molecule has 0 aliphatic heterocycles. The second kappa shape index (κ2) is 5.07. The van der Waals surface area contributed by atoms with Crippen molar-refractivity contribution in [3.05, 3.63) is 65.4 Å². The summed E-state index contributed by atoms with van der Waals surface area (Å²) in [6.45, 7) is 2.03. The van der Waals surface area contributed by atoms with Crippen molar-refractivity contribution in [3.63, 3.8) is 0 Å². The van der Waals surface area contributed by atoms with Crippen molar-refractivity contribution in [2.45, 2.75) is 13.5 Å². The fraction of sp³-hybridized carbons (Fsp3) is 0.118. The minimum absolute atomic E-state index is 0.00187. The molecular weight excluding hydrogens is 266 g/mol. The Hall–Kier alpha value is -2.59. The molecule has 0 saturated heterocycles. The second-order valence-electron chi connectivity index (χ2n) is 5.04. The summed E-state index contributed by atoms with van der Waals surface area (Å²) in [6.07, 6.45) is 2.02. The van der Waals surface area contributed by atoms with Gasteiger partial charge < -0.3 is 14.8 Å². The maximum Gasteiger partial charge on any atom is 0.335 e. The van der Waals surface area contributed by atoms with E-state index in [-0.39, 0.29) is 12.2 Å². The van der Waals surface area contributed by atoms with Crippen molar-refractivity contribution >= 4 is 16.9 Å². The number of rotatable bonds is 3. The molecule has 0 aliphatic rings. The van der Waals surface area contributed by atoms with Crippen LogP contribution < -0.4 is 0 Å². The van der Waals surface area contributed by atoms with Crippen LogP contribution >= 0.6 is 0 Å². The number of aromatic nitrogens is 1. The quantitative estimate of drug-likeness (QED) is 0.775. The standard InChI is InChI=1S/C17H15NO3/c1-11-9-18(14-5-3-13(4-6-14)17(20)21)16-8-12(10-19)2-7-15(11)16/h2-9,19H,10H2,1H3,(H,20,21). The number of hydrogen-bond acceptors (Lipinski definition) is 2. The third-order valence-electron chi connectivity index (χ3n) is 3.64. The van der Waals surface area contributed by atoms with Gasteiger partial charge in [-0.2, -0.15) is 0 Å². The minimum Gasteiger partial charge on any atom is -0.478 e. The molecule has 4 nitrogen and oxygen atoms in total. The Labute approximate surface area is 121 Å². The average Bonchev–Trinajstić information content (AvgIpc) is 2.84. The van der Waals surface area contributed by atoms with Crippen molar-refractivity contribution in [3.8, 4) is 5.69 Å². The summed E-state index contributed by atoms with van der Waals surface area (Å²) in [4.78, 5) is 10.9. The van der Waals surface area contributed by atoms with Crippen LogP contribution in [0, 0.1) is 6.92 Å². The number of aromatic carboxylic acids is 1. The van der Waals surface area contributed by atoms with E-state index in [1.165, 1.54) is 0 Å². The molecule has 0 unspecified atom stereocenters. The smallest absolute Gasteiger partial charge is 0.335 e. The third-order valence-corrected chi connectivity index (χ3v) is 3.64. The van der Waals surface area contributed by atoms with E-state index in [0.717, 1.165) is 27.7 Å². The number of hydrogen-bond donors (Lipinski definition) is 2. The predicted octanol–water partition coefficient (Wildman–Crippen LogP) is 3.13. The molecule has 2 aromatic carbocycles. The molecule has 0 bridgehead atoms. The first-order chi connectivity index (χ1) is 10.1. The lowest BCUT2D eigenvalue weighted by molar-refractivity contribution is 0.0697. The first kappa shape index (κ1) is 13.4. The van der Waals surface area contributed by atoms with Crippen molar-refractivity contribution < 1.29 is 15.0 Å². The molecule has 0 fully saturated rings. The number of aryl methyl sites for hydroxylation is 1. The molecular formula is C17H15NO3. The molecule has 2 N–H and O–H groups in total. The number of fused-ring (bicyclic) bond motifs is 1. The fourth-order valence-electron chi connectivity index (χ4n) is 2.52. The number of benzene rings is 2. The van der Waals surface area contributed by atoms with Crippen molar-refractivity contribution in [2.75, 3.05) is 0 Å². The van der Waals surface area contributed by atoms with E-state index >= 15 is 0 Å². The second-order valence-corrected chi connectivity index (χ2v) is 5.04. The van der Waals surface area contributed by atoms with Crippen molar-refractivity contribution in [1.82, 2.24) is 4.57 Å². The van der Waals surface area contributed by atoms with Crippen LogP contribution in [0.3, 0.4) is 0 Å². The van der Waals surface area contributed by atoms with Crippen LogP contribution in [0.1, 0.15) is 21.5 Å². The molecule has 0 amide bonds. The Bertz CT molecular complexity index is 816. The van der Waals surface area contributed by atoms with Crippen LogP contribution in [-0.4, -0.2) is 20.7 Å². The lowest BCUT2D eigenvalue weighted by Crippen LogP contribution is -1.98. The first-order valence-corrected chi connectivity index (χ1v) is 6.65. The Morgan fingerprint density at radius 3 is 2.48 bits per heavy atom. The van der Waals surface area contributed by atoms with E-state index in [0.29, 0.717) is 0 Å². The summed E-state index contributed by atoms with van der Waals surface area (Å²) in [5, 5.41) is 19.4. The highest BCUT2D eigenvalue weighted by Crippen LogP contribution is 2.25. The molecule has 0 saturated carbocycles. The summed E-state index contributed by atoms with van der Waals surface area (Å²) in [5.74, 6) is -0.933. The lowest BCUT2D eigenvalue weighted by atomic mass is 10.1. The summed E-state index contributed by atoms with van der Waals surface area (Å²) in [6, 6.07) is 12.6. The zero-order valence-electron chi connectivity index (χ0n) is 11.6. The predicted molar refractivity (Wildman–Crippen MR) is 80.9 cm³/mol. The van der Waals surface area contributed by atoms with Gasteiger partial charge in [0.05, 0.1) is 17.7 Å². The number of aliphatic hydroxyl groups excluding tert-OH is 1. The molecule has 0 radical (unpaired) electrons. The van der Waals surface area contributed by atoms with Gasteiger partial charge in [-0.05, 0) is 48.4 Å². The molecule has 3 aromatic rings. The summed E-state index contributed by atoms with van der Waals surface area (Å²) in [5.41, 5.74) is 4.15. The largest absolute Gasteiger partial charge is 0.478 e. The van der Waals surface area contributed by atoms with Gasteiger partial charge in [0.25, 0.3) is 0 Å². The monoisotopic (exact) mass is 281 g/mol. The van der Waals surface area contributed by atoms with Gasteiger partial charge in [0.15, 0.2) is 0 Å². The average molecular weight is 281 g/mol. The molecule has 106 valence electrons. The molecule has 0 spiro atoms. The van der Waals surface area contributed by atoms with Gasteiger partial charge in [-0.3, -0.25) is 0 Å². The molecule has 0 aliphatic carbocycles. The highest BCUT2D eigenvalue weighted by molar-refractivity contribution is 5.88. The van der Waals surface area contributed by atoms with Gasteiger partial charge in [-0.1, -0.05) is 12.1 Å². The summed E-state index contributed by atoms with van der Waals surface area (Å²) >= 11 is 0. The van der Waals surface area contributed by atoms with E-state index in [2.05, 4.69) is 0 Å². The number of carbonyl (C=O) groups is 1. The molecule has 4 heteroatoms. The van der Waals surface area contributed by atoms with E-state index < -0.39 is 5.97 Å². The van der Waals surface area contributed by atoms with Crippen LogP contribution in [0.4, 0.5) is 0 Å². The number of nitrogens with zero attached hydrogens (tertiary/aromatic N) is 1.